The molecule has 0 saturated carbocycles. The Labute approximate surface area is 122 Å². The highest BCUT2D eigenvalue weighted by Crippen LogP contribution is 2.36. The SMILES string of the molecule is Cc1ccsc1C1C(C(=O)O)OCC(=O)N1CC(C)C. The molecule has 1 aliphatic heterocycles. The number of ether oxygens (including phenoxy) is 1. The van der Waals surface area contributed by atoms with Crippen molar-refractivity contribution >= 4 is 23.2 Å². The van der Waals surface area contributed by atoms with Gasteiger partial charge in [-0.3, -0.25) is 4.79 Å². The van der Waals surface area contributed by atoms with Gasteiger partial charge in [-0.15, -0.1) is 11.3 Å². The maximum absolute atomic E-state index is 12.1. The van der Waals surface area contributed by atoms with Gasteiger partial charge < -0.3 is 14.7 Å². The third-order valence-corrected chi connectivity index (χ3v) is 4.39. The normalized spacial score (nSPS) is 23.4. The van der Waals surface area contributed by atoms with Crippen molar-refractivity contribution in [3.05, 3.63) is 21.9 Å². The van der Waals surface area contributed by atoms with Gasteiger partial charge in [0.1, 0.15) is 12.6 Å². The minimum atomic E-state index is -1.02. The first-order valence-electron chi connectivity index (χ1n) is 6.59. The predicted octanol–water partition coefficient (Wildman–Crippen LogP) is 2.07. The van der Waals surface area contributed by atoms with Crippen LogP contribution in [0.15, 0.2) is 11.4 Å². The Bertz CT molecular complexity index is 511. The Kier molecular flexibility index (Phi) is 4.45. The number of amides is 1. The molecule has 1 saturated heterocycles. The molecule has 0 aromatic carbocycles. The summed E-state index contributed by atoms with van der Waals surface area (Å²) in [7, 11) is 0. The maximum atomic E-state index is 12.1. The summed E-state index contributed by atoms with van der Waals surface area (Å²) in [6.07, 6.45) is -0.996. The minimum absolute atomic E-state index is 0.144. The van der Waals surface area contributed by atoms with Crippen molar-refractivity contribution in [3.63, 3.8) is 0 Å². The van der Waals surface area contributed by atoms with Gasteiger partial charge in [-0.1, -0.05) is 13.8 Å². The number of nitrogens with zero attached hydrogens (tertiary/aromatic N) is 1. The van der Waals surface area contributed by atoms with Gasteiger partial charge in [0.2, 0.25) is 5.91 Å². The predicted molar refractivity (Wildman–Crippen MR) is 75.7 cm³/mol. The molecule has 1 fully saturated rings. The minimum Gasteiger partial charge on any atom is -0.479 e. The number of aliphatic carboxylic acids is 1. The van der Waals surface area contributed by atoms with Crippen molar-refractivity contribution < 1.29 is 19.4 Å². The van der Waals surface area contributed by atoms with Crippen LogP contribution < -0.4 is 0 Å². The second-order valence-electron chi connectivity index (χ2n) is 5.42. The van der Waals surface area contributed by atoms with Crippen molar-refractivity contribution in [1.82, 2.24) is 4.90 Å². The lowest BCUT2D eigenvalue weighted by atomic mass is 10.0. The zero-order valence-corrected chi connectivity index (χ0v) is 12.6. The average molecular weight is 297 g/mol. The van der Waals surface area contributed by atoms with Gasteiger partial charge in [0.05, 0.1) is 0 Å². The van der Waals surface area contributed by atoms with Crippen LogP contribution in [0.4, 0.5) is 0 Å². The fourth-order valence-electron chi connectivity index (χ4n) is 2.44. The summed E-state index contributed by atoms with van der Waals surface area (Å²) in [6.45, 7) is 6.32. The average Bonchev–Trinajstić information content (AvgIpc) is 2.77. The van der Waals surface area contributed by atoms with E-state index >= 15 is 0 Å². The number of carbonyl (C=O) groups excluding carboxylic acids is 1. The topological polar surface area (TPSA) is 66.8 Å². The van der Waals surface area contributed by atoms with E-state index in [9.17, 15) is 14.7 Å². The third kappa shape index (κ3) is 2.86. The van der Waals surface area contributed by atoms with Crippen molar-refractivity contribution in [2.45, 2.75) is 32.9 Å². The van der Waals surface area contributed by atoms with E-state index < -0.39 is 18.1 Å². The molecule has 6 heteroatoms. The fourth-order valence-corrected chi connectivity index (χ4v) is 3.50. The second kappa shape index (κ2) is 5.93. The number of rotatable bonds is 4. The summed E-state index contributed by atoms with van der Waals surface area (Å²) < 4.78 is 5.27. The number of aryl methyl sites for hydroxylation is 1. The molecule has 1 aromatic heterocycles. The molecule has 2 atom stereocenters. The molecular formula is C14H19NO4S. The van der Waals surface area contributed by atoms with Crippen LogP contribution in [0.1, 0.15) is 30.3 Å². The second-order valence-corrected chi connectivity index (χ2v) is 6.37. The molecule has 0 aliphatic carbocycles. The Balaban J connectivity index is 2.41. The Hall–Kier alpha value is -1.40. The number of carboxylic acid groups (broad SMARTS) is 1. The monoisotopic (exact) mass is 297 g/mol. The first-order chi connectivity index (χ1) is 9.41. The van der Waals surface area contributed by atoms with Gasteiger partial charge in [-0.2, -0.15) is 0 Å². The molecule has 1 aliphatic rings. The summed E-state index contributed by atoms with van der Waals surface area (Å²) >= 11 is 1.47. The number of thiophene rings is 1. The highest BCUT2D eigenvalue weighted by Gasteiger charge is 2.43. The number of carbonyl (C=O) groups is 2. The van der Waals surface area contributed by atoms with Crippen molar-refractivity contribution in [2.24, 2.45) is 5.92 Å². The number of hydrogen-bond acceptors (Lipinski definition) is 4. The lowest BCUT2D eigenvalue weighted by Crippen LogP contribution is -2.52. The zero-order chi connectivity index (χ0) is 14.9. The van der Waals surface area contributed by atoms with E-state index in [4.69, 9.17) is 4.74 Å². The standard InChI is InChI=1S/C14H19NO4S/c1-8(2)6-15-10(16)7-19-12(14(17)18)11(15)13-9(3)4-5-20-13/h4-5,8,11-12H,6-7H2,1-3H3,(H,17,18). The van der Waals surface area contributed by atoms with E-state index in [2.05, 4.69) is 0 Å². The molecule has 2 rings (SSSR count). The lowest BCUT2D eigenvalue weighted by molar-refractivity contribution is -0.173. The molecular weight excluding hydrogens is 278 g/mol. The lowest BCUT2D eigenvalue weighted by Gasteiger charge is -2.40. The molecule has 5 nitrogen and oxygen atoms in total. The molecule has 1 amide bonds. The maximum Gasteiger partial charge on any atom is 0.335 e. The van der Waals surface area contributed by atoms with Gasteiger partial charge in [0.25, 0.3) is 0 Å². The Morgan fingerprint density at radius 3 is 2.80 bits per heavy atom. The van der Waals surface area contributed by atoms with E-state index in [0.717, 1.165) is 10.4 Å². The van der Waals surface area contributed by atoms with Crippen molar-refractivity contribution in [1.29, 1.82) is 0 Å². The summed E-state index contributed by atoms with van der Waals surface area (Å²) in [5.41, 5.74) is 0.998. The molecule has 0 radical (unpaired) electrons. The number of hydrogen-bond donors (Lipinski definition) is 1. The van der Waals surface area contributed by atoms with E-state index in [1.165, 1.54) is 11.3 Å². The Morgan fingerprint density at radius 2 is 2.30 bits per heavy atom. The van der Waals surface area contributed by atoms with Crippen molar-refractivity contribution in [2.75, 3.05) is 13.2 Å². The van der Waals surface area contributed by atoms with Gasteiger partial charge in [0, 0.05) is 11.4 Å². The van der Waals surface area contributed by atoms with E-state index in [-0.39, 0.29) is 18.4 Å². The van der Waals surface area contributed by atoms with Crippen LogP contribution in [0.5, 0.6) is 0 Å². The summed E-state index contributed by atoms with van der Waals surface area (Å²) in [6, 6.07) is 1.40. The van der Waals surface area contributed by atoms with Crippen LogP contribution in [-0.4, -0.2) is 41.1 Å². The summed E-state index contributed by atoms with van der Waals surface area (Å²) in [5.74, 6) is -0.896. The molecule has 110 valence electrons. The Morgan fingerprint density at radius 1 is 1.60 bits per heavy atom. The van der Waals surface area contributed by atoms with E-state index in [1.54, 1.807) is 4.90 Å². The largest absolute Gasteiger partial charge is 0.479 e. The van der Waals surface area contributed by atoms with Crippen LogP contribution in [-0.2, 0) is 14.3 Å². The molecule has 1 N–H and O–H groups in total. The van der Waals surface area contributed by atoms with Gasteiger partial charge in [-0.25, -0.2) is 4.79 Å². The molecule has 0 bridgehead atoms. The van der Waals surface area contributed by atoms with E-state index in [0.29, 0.717) is 6.54 Å². The highest BCUT2D eigenvalue weighted by atomic mass is 32.1. The van der Waals surface area contributed by atoms with Crippen molar-refractivity contribution in [3.8, 4) is 0 Å². The van der Waals surface area contributed by atoms with E-state index in [1.807, 2.05) is 32.2 Å². The summed E-state index contributed by atoms with van der Waals surface area (Å²) in [5, 5.41) is 11.3. The third-order valence-electron chi connectivity index (χ3n) is 3.30. The molecule has 1 aromatic rings. The molecule has 2 unspecified atom stereocenters. The van der Waals surface area contributed by atoms with Crippen LogP contribution in [0, 0.1) is 12.8 Å². The van der Waals surface area contributed by atoms with Crippen LogP contribution in [0.3, 0.4) is 0 Å². The zero-order valence-electron chi connectivity index (χ0n) is 11.8. The number of carboxylic acids is 1. The van der Waals surface area contributed by atoms with Crippen LogP contribution >= 0.6 is 11.3 Å². The highest BCUT2D eigenvalue weighted by molar-refractivity contribution is 7.10. The quantitative estimate of drug-likeness (QED) is 0.924. The molecule has 2 heterocycles. The molecule has 20 heavy (non-hydrogen) atoms. The first-order valence-corrected chi connectivity index (χ1v) is 7.47. The van der Waals surface area contributed by atoms with Crippen LogP contribution in [0.2, 0.25) is 0 Å². The first kappa shape index (κ1) is 15.0. The fraction of sp³-hybridized carbons (Fsp3) is 0.571. The van der Waals surface area contributed by atoms with Gasteiger partial charge >= 0.3 is 5.97 Å². The molecule has 0 spiro atoms. The summed E-state index contributed by atoms with van der Waals surface area (Å²) in [4.78, 5) is 26.1. The van der Waals surface area contributed by atoms with Gasteiger partial charge in [-0.05, 0) is 29.9 Å². The van der Waals surface area contributed by atoms with Crippen LogP contribution in [0.25, 0.3) is 0 Å². The number of morpholine rings is 1. The smallest absolute Gasteiger partial charge is 0.335 e. The van der Waals surface area contributed by atoms with Gasteiger partial charge in [0.15, 0.2) is 6.10 Å².